The highest BCUT2D eigenvalue weighted by Gasteiger charge is 2.23. The predicted octanol–water partition coefficient (Wildman–Crippen LogP) is 4.00. The Bertz CT molecular complexity index is 909. The summed E-state index contributed by atoms with van der Waals surface area (Å²) >= 11 is 0. The van der Waals surface area contributed by atoms with Crippen LogP contribution < -0.4 is 14.2 Å². The Hall–Kier alpha value is -3.21. The molecule has 0 saturated heterocycles. The number of hydrogen-bond donors (Lipinski definition) is 0. The molecule has 1 aliphatic rings. The molecule has 2 aromatic carbocycles. The summed E-state index contributed by atoms with van der Waals surface area (Å²) in [7, 11) is 4.76. The van der Waals surface area contributed by atoms with Crippen LogP contribution >= 0.6 is 0 Å². The predicted molar refractivity (Wildman–Crippen MR) is 99.3 cm³/mol. The van der Waals surface area contributed by atoms with Gasteiger partial charge < -0.3 is 18.9 Å². The van der Waals surface area contributed by atoms with Crippen LogP contribution in [0.3, 0.4) is 0 Å². The second kappa shape index (κ2) is 7.35. The van der Waals surface area contributed by atoms with Crippen LogP contribution in [0.15, 0.2) is 48.0 Å². The van der Waals surface area contributed by atoms with E-state index in [1.165, 1.54) is 0 Å². The van der Waals surface area contributed by atoms with Crippen molar-refractivity contribution in [1.29, 1.82) is 0 Å². The number of carbonyl (C=O) groups is 1. The molecule has 26 heavy (non-hydrogen) atoms. The van der Waals surface area contributed by atoms with E-state index in [1.807, 2.05) is 31.2 Å². The molecule has 0 aromatic heterocycles. The first-order valence-electron chi connectivity index (χ1n) is 8.08. The topological polar surface area (TPSA) is 54.0 Å². The Labute approximate surface area is 152 Å². The van der Waals surface area contributed by atoms with Gasteiger partial charge in [-0.1, -0.05) is 12.1 Å². The lowest BCUT2D eigenvalue weighted by Gasteiger charge is -2.09. The van der Waals surface area contributed by atoms with E-state index in [0.717, 1.165) is 22.4 Å². The van der Waals surface area contributed by atoms with Crippen LogP contribution in [0.2, 0.25) is 0 Å². The molecule has 5 nitrogen and oxygen atoms in total. The van der Waals surface area contributed by atoms with Crippen molar-refractivity contribution in [2.45, 2.75) is 6.92 Å². The van der Waals surface area contributed by atoms with Gasteiger partial charge in [-0.05, 0) is 54.5 Å². The molecule has 134 valence electrons. The fourth-order valence-corrected chi connectivity index (χ4v) is 2.73. The zero-order valence-electron chi connectivity index (χ0n) is 15.2. The third-order valence-electron chi connectivity index (χ3n) is 4.15. The van der Waals surface area contributed by atoms with E-state index in [-0.39, 0.29) is 0 Å². The normalized spacial score (nSPS) is 14.8. The van der Waals surface area contributed by atoms with Gasteiger partial charge in [-0.3, -0.25) is 0 Å². The summed E-state index contributed by atoms with van der Waals surface area (Å²) < 4.78 is 21.3. The molecule has 0 bridgehead atoms. The van der Waals surface area contributed by atoms with E-state index in [1.54, 1.807) is 45.6 Å². The number of methoxy groups -OCH3 is 3. The minimum absolute atomic E-state index is 0.394. The van der Waals surface area contributed by atoms with Gasteiger partial charge in [0.05, 0.1) is 26.9 Å². The first-order chi connectivity index (χ1) is 12.5. The van der Waals surface area contributed by atoms with Crippen molar-refractivity contribution in [3.05, 3.63) is 64.7 Å². The van der Waals surface area contributed by atoms with E-state index >= 15 is 0 Å². The molecule has 2 aromatic rings. The highest BCUT2D eigenvalue weighted by atomic mass is 16.5. The summed E-state index contributed by atoms with van der Waals surface area (Å²) in [5.74, 6) is 2.04. The number of carbonyl (C=O) groups excluding carboxylic acids is 1. The number of ether oxygens (including phenoxy) is 4. The van der Waals surface area contributed by atoms with Crippen LogP contribution in [0.4, 0.5) is 0 Å². The molecule has 3 rings (SSSR count). The average molecular weight is 352 g/mol. The van der Waals surface area contributed by atoms with Crippen molar-refractivity contribution in [3.8, 4) is 17.2 Å². The SMILES string of the molecule is COc1cc(/C=C2/C=C(c3ccc(OC)c(OC)c3)OC2=O)ccc1C. The van der Waals surface area contributed by atoms with Crippen LogP contribution in [0.1, 0.15) is 16.7 Å². The number of cyclic esters (lactones) is 1. The minimum Gasteiger partial charge on any atom is -0.496 e. The molecule has 0 radical (unpaired) electrons. The second-order valence-corrected chi connectivity index (χ2v) is 5.80. The van der Waals surface area contributed by atoms with Crippen molar-refractivity contribution in [2.24, 2.45) is 0 Å². The molecule has 1 heterocycles. The van der Waals surface area contributed by atoms with Crippen LogP contribution in [0.5, 0.6) is 17.2 Å². The standard InChI is InChI=1S/C21H20O5/c1-13-5-6-14(10-18(13)24-3)9-16-12-19(26-21(16)22)15-7-8-17(23-2)20(11-15)25-4/h5-12H,1-4H3/b16-9-. The molecule has 0 fully saturated rings. The third kappa shape index (κ3) is 3.42. The Balaban J connectivity index is 1.94. The zero-order chi connectivity index (χ0) is 18.7. The van der Waals surface area contributed by atoms with E-state index < -0.39 is 5.97 Å². The molecule has 0 atom stereocenters. The summed E-state index contributed by atoms with van der Waals surface area (Å²) in [5.41, 5.74) is 3.11. The Morgan fingerprint density at radius 3 is 2.31 bits per heavy atom. The van der Waals surface area contributed by atoms with E-state index in [2.05, 4.69) is 0 Å². The lowest BCUT2D eigenvalue weighted by molar-refractivity contribution is -0.130. The first kappa shape index (κ1) is 17.6. The molecule has 0 saturated carbocycles. The summed E-state index contributed by atoms with van der Waals surface area (Å²) in [6, 6.07) is 11.1. The molecule has 5 heteroatoms. The van der Waals surface area contributed by atoms with Crippen molar-refractivity contribution in [1.82, 2.24) is 0 Å². The molecular weight excluding hydrogens is 332 g/mol. The van der Waals surface area contributed by atoms with Gasteiger partial charge in [0, 0.05) is 5.56 Å². The maximum absolute atomic E-state index is 12.2. The van der Waals surface area contributed by atoms with Gasteiger partial charge in [0.1, 0.15) is 11.5 Å². The largest absolute Gasteiger partial charge is 0.496 e. The molecular formula is C21H20O5. The van der Waals surface area contributed by atoms with Crippen molar-refractivity contribution in [2.75, 3.05) is 21.3 Å². The monoisotopic (exact) mass is 352 g/mol. The Morgan fingerprint density at radius 2 is 1.62 bits per heavy atom. The molecule has 0 spiro atoms. The number of rotatable bonds is 5. The highest BCUT2D eigenvalue weighted by molar-refractivity contribution is 6.05. The van der Waals surface area contributed by atoms with E-state index in [0.29, 0.717) is 22.8 Å². The number of aryl methyl sites for hydroxylation is 1. The molecule has 0 unspecified atom stereocenters. The number of hydrogen-bond acceptors (Lipinski definition) is 5. The molecule has 1 aliphatic heterocycles. The smallest absolute Gasteiger partial charge is 0.343 e. The Morgan fingerprint density at radius 1 is 0.885 bits per heavy atom. The maximum atomic E-state index is 12.2. The molecule has 0 aliphatic carbocycles. The summed E-state index contributed by atoms with van der Waals surface area (Å²) in [5, 5.41) is 0. The van der Waals surface area contributed by atoms with Gasteiger partial charge in [-0.15, -0.1) is 0 Å². The quantitative estimate of drug-likeness (QED) is 0.601. The van der Waals surface area contributed by atoms with Crippen LogP contribution in [0, 0.1) is 6.92 Å². The van der Waals surface area contributed by atoms with Crippen molar-refractivity contribution >= 4 is 17.8 Å². The third-order valence-corrected chi connectivity index (χ3v) is 4.15. The highest BCUT2D eigenvalue weighted by Crippen LogP contribution is 2.34. The first-order valence-corrected chi connectivity index (χ1v) is 8.08. The maximum Gasteiger partial charge on any atom is 0.343 e. The van der Waals surface area contributed by atoms with Gasteiger partial charge in [0.25, 0.3) is 0 Å². The molecule has 0 amide bonds. The number of benzene rings is 2. The summed E-state index contributed by atoms with van der Waals surface area (Å²) in [6.45, 7) is 1.97. The van der Waals surface area contributed by atoms with Crippen LogP contribution in [-0.4, -0.2) is 27.3 Å². The van der Waals surface area contributed by atoms with Gasteiger partial charge in [0.2, 0.25) is 0 Å². The lowest BCUT2D eigenvalue weighted by atomic mass is 10.1. The van der Waals surface area contributed by atoms with Crippen molar-refractivity contribution < 1.29 is 23.7 Å². The van der Waals surface area contributed by atoms with Gasteiger partial charge in [-0.2, -0.15) is 0 Å². The molecule has 0 N–H and O–H groups in total. The van der Waals surface area contributed by atoms with Gasteiger partial charge in [0.15, 0.2) is 11.5 Å². The average Bonchev–Trinajstić information content (AvgIpc) is 3.03. The van der Waals surface area contributed by atoms with Crippen molar-refractivity contribution in [3.63, 3.8) is 0 Å². The fraction of sp³-hybridized carbons (Fsp3) is 0.190. The second-order valence-electron chi connectivity index (χ2n) is 5.80. The van der Waals surface area contributed by atoms with Crippen LogP contribution in [0.25, 0.3) is 11.8 Å². The number of esters is 1. The fourth-order valence-electron chi connectivity index (χ4n) is 2.73. The van der Waals surface area contributed by atoms with E-state index in [9.17, 15) is 4.79 Å². The van der Waals surface area contributed by atoms with Gasteiger partial charge in [-0.25, -0.2) is 4.79 Å². The lowest BCUT2D eigenvalue weighted by Crippen LogP contribution is -1.98. The minimum atomic E-state index is -0.394. The summed E-state index contributed by atoms with van der Waals surface area (Å²) in [6.07, 6.45) is 3.49. The summed E-state index contributed by atoms with van der Waals surface area (Å²) in [4.78, 5) is 12.2. The van der Waals surface area contributed by atoms with Gasteiger partial charge >= 0.3 is 5.97 Å². The van der Waals surface area contributed by atoms with Crippen LogP contribution in [-0.2, 0) is 9.53 Å². The van der Waals surface area contributed by atoms with E-state index in [4.69, 9.17) is 18.9 Å². The zero-order valence-corrected chi connectivity index (χ0v) is 15.2. The Kier molecular flexibility index (Phi) is 4.98.